The molecule has 0 heterocycles. The van der Waals surface area contributed by atoms with Crippen LogP contribution in [0.3, 0.4) is 0 Å². The van der Waals surface area contributed by atoms with Crippen LogP contribution in [0, 0.1) is 0 Å². The van der Waals surface area contributed by atoms with Gasteiger partial charge in [0, 0.05) is 39.6 Å². The lowest BCUT2D eigenvalue weighted by molar-refractivity contribution is -0.130. The second-order valence-corrected chi connectivity index (χ2v) is 5.28. The minimum atomic E-state index is 0.117. The molecule has 0 saturated heterocycles. The second kappa shape index (κ2) is 9.00. The average Bonchev–Trinajstić information content (AvgIpc) is 2.46. The van der Waals surface area contributed by atoms with Crippen LogP contribution in [-0.2, 0) is 11.3 Å². The van der Waals surface area contributed by atoms with Crippen molar-refractivity contribution < 1.29 is 4.79 Å². The number of carbonyl (C=O) groups excluding carboxylic acids is 1. The van der Waals surface area contributed by atoms with Gasteiger partial charge >= 0.3 is 0 Å². The van der Waals surface area contributed by atoms with E-state index < -0.39 is 0 Å². The van der Waals surface area contributed by atoms with Crippen LogP contribution in [0.25, 0.3) is 0 Å². The minimum absolute atomic E-state index is 0.117. The summed E-state index contributed by atoms with van der Waals surface area (Å²) in [7, 11) is 3.55. The van der Waals surface area contributed by atoms with E-state index >= 15 is 0 Å². The van der Waals surface area contributed by atoms with Crippen molar-refractivity contribution in [1.29, 1.82) is 0 Å². The molecule has 116 valence electrons. The normalized spacial score (nSPS) is 11.4. The fourth-order valence-corrected chi connectivity index (χ4v) is 1.89. The van der Waals surface area contributed by atoms with Crippen LogP contribution in [0.4, 0.5) is 0 Å². The molecule has 0 spiro atoms. The lowest BCUT2D eigenvalue weighted by atomic mass is 10.2. The number of amides is 1. The van der Waals surface area contributed by atoms with Gasteiger partial charge in [0.15, 0.2) is 5.96 Å². The van der Waals surface area contributed by atoms with Crippen LogP contribution in [0.15, 0.2) is 35.3 Å². The number of guanidine groups is 1. The molecule has 0 radical (unpaired) electrons. The van der Waals surface area contributed by atoms with Crippen molar-refractivity contribution in [2.24, 2.45) is 4.99 Å². The van der Waals surface area contributed by atoms with Gasteiger partial charge in [0.05, 0.1) is 0 Å². The number of rotatable bonds is 6. The van der Waals surface area contributed by atoms with E-state index in [0.29, 0.717) is 25.6 Å². The van der Waals surface area contributed by atoms with Crippen LogP contribution in [0.2, 0.25) is 0 Å². The van der Waals surface area contributed by atoms with Gasteiger partial charge in [-0.1, -0.05) is 30.3 Å². The zero-order valence-electron chi connectivity index (χ0n) is 13.4. The summed E-state index contributed by atoms with van der Waals surface area (Å²) in [6.45, 7) is 5.31. The molecule has 1 aromatic carbocycles. The standard InChI is InChI=1S/C16H26N4O/c1-13(2)19-16(17-3)18-11-10-15(21)20(4)12-14-8-6-5-7-9-14/h5-9,13H,10-12H2,1-4H3,(H2,17,18,19). The number of carbonyl (C=O) groups is 1. The molecule has 0 fully saturated rings. The summed E-state index contributed by atoms with van der Waals surface area (Å²) in [6.07, 6.45) is 0.447. The van der Waals surface area contributed by atoms with Gasteiger partial charge in [-0.15, -0.1) is 0 Å². The molecule has 21 heavy (non-hydrogen) atoms. The van der Waals surface area contributed by atoms with Crippen LogP contribution < -0.4 is 10.6 Å². The van der Waals surface area contributed by atoms with E-state index in [1.807, 2.05) is 51.2 Å². The number of benzene rings is 1. The van der Waals surface area contributed by atoms with Crippen molar-refractivity contribution in [2.75, 3.05) is 20.6 Å². The molecule has 2 N–H and O–H groups in total. The number of hydrogen-bond acceptors (Lipinski definition) is 2. The molecule has 0 bridgehead atoms. The summed E-state index contributed by atoms with van der Waals surface area (Å²) < 4.78 is 0. The summed E-state index contributed by atoms with van der Waals surface area (Å²) in [5.74, 6) is 0.842. The van der Waals surface area contributed by atoms with Crippen molar-refractivity contribution in [3.63, 3.8) is 0 Å². The first-order chi connectivity index (χ1) is 10.0. The Morgan fingerprint density at radius 1 is 1.29 bits per heavy atom. The van der Waals surface area contributed by atoms with Gasteiger partial charge in [0.2, 0.25) is 5.91 Å². The molecule has 5 nitrogen and oxygen atoms in total. The molecule has 1 aromatic rings. The topological polar surface area (TPSA) is 56.7 Å². The summed E-state index contributed by atoms with van der Waals surface area (Å²) in [5, 5.41) is 6.33. The van der Waals surface area contributed by atoms with E-state index in [1.165, 1.54) is 0 Å². The van der Waals surface area contributed by atoms with Crippen LogP contribution in [0.1, 0.15) is 25.8 Å². The van der Waals surface area contributed by atoms with Gasteiger partial charge in [0.25, 0.3) is 0 Å². The average molecular weight is 290 g/mol. The maximum atomic E-state index is 12.1. The van der Waals surface area contributed by atoms with E-state index in [0.717, 1.165) is 11.5 Å². The Morgan fingerprint density at radius 3 is 2.52 bits per heavy atom. The van der Waals surface area contributed by atoms with E-state index in [2.05, 4.69) is 15.6 Å². The van der Waals surface area contributed by atoms with Gasteiger partial charge in [-0.05, 0) is 19.4 Å². The summed E-state index contributed by atoms with van der Waals surface area (Å²) in [5.41, 5.74) is 1.14. The lowest BCUT2D eigenvalue weighted by Crippen LogP contribution is -2.42. The zero-order chi connectivity index (χ0) is 15.7. The van der Waals surface area contributed by atoms with Gasteiger partial charge in [-0.3, -0.25) is 9.79 Å². The molecule has 5 heteroatoms. The monoisotopic (exact) mass is 290 g/mol. The quantitative estimate of drug-likeness (QED) is 0.618. The maximum absolute atomic E-state index is 12.1. The Bertz CT molecular complexity index is 457. The molecule has 0 atom stereocenters. The Labute approximate surface area is 127 Å². The fourth-order valence-electron chi connectivity index (χ4n) is 1.89. The van der Waals surface area contributed by atoms with Crippen molar-refractivity contribution in [3.05, 3.63) is 35.9 Å². The van der Waals surface area contributed by atoms with E-state index in [1.54, 1.807) is 11.9 Å². The molecule has 1 rings (SSSR count). The minimum Gasteiger partial charge on any atom is -0.356 e. The third kappa shape index (κ3) is 6.79. The molecule has 0 aliphatic heterocycles. The highest BCUT2D eigenvalue weighted by Crippen LogP contribution is 2.03. The predicted molar refractivity (Wildman–Crippen MR) is 87.2 cm³/mol. The van der Waals surface area contributed by atoms with E-state index in [-0.39, 0.29) is 5.91 Å². The summed E-state index contributed by atoms with van der Waals surface area (Å²) >= 11 is 0. The van der Waals surface area contributed by atoms with Gasteiger partial charge in [-0.25, -0.2) is 0 Å². The van der Waals surface area contributed by atoms with Crippen molar-refractivity contribution in [2.45, 2.75) is 32.9 Å². The Balaban J connectivity index is 2.33. The summed E-state index contributed by atoms with van der Waals surface area (Å²) in [6, 6.07) is 10.3. The van der Waals surface area contributed by atoms with Gasteiger partial charge in [-0.2, -0.15) is 0 Å². The maximum Gasteiger partial charge on any atom is 0.224 e. The smallest absolute Gasteiger partial charge is 0.224 e. The largest absolute Gasteiger partial charge is 0.356 e. The molecule has 0 saturated carbocycles. The predicted octanol–water partition coefficient (Wildman–Crippen LogP) is 1.61. The van der Waals surface area contributed by atoms with Gasteiger partial charge < -0.3 is 15.5 Å². The molecule has 1 amide bonds. The fraction of sp³-hybridized carbons (Fsp3) is 0.500. The number of nitrogens with one attached hydrogen (secondary N) is 2. The molecular formula is C16H26N4O. The van der Waals surface area contributed by atoms with Crippen LogP contribution >= 0.6 is 0 Å². The highest BCUT2D eigenvalue weighted by Gasteiger charge is 2.09. The lowest BCUT2D eigenvalue weighted by Gasteiger charge is -2.18. The third-order valence-electron chi connectivity index (χ3n) is 2.97. The Kier molecular flexibility index (Phi) is 7.29. The van der Waals surface area contributed by atoms with E-state index in [4.69, 9.17) is 0 Å². The SMILES string of the molecule is CN=C(NCCC(=O)N(C)Cc1ccccc1)NC(C)C. The molecular weight excluding hydrogens is 264 g/mol. The number of hydrogen-bond donors (Lipinski definition) is 2. The Hall–Kier alpha value is -2.04. The summed E-state index contributed by atoms with van der Waals surface area (Å²) in [4.78, 5) is 17.9. The third-order valence-corrected chi connectivity index (χ3v) is 2.97. The number of aliphatic imine (C=N–C) groups is 1. The zero-order valence-corrected chi connectivity index (χ0v) is 13.4. The molecule has 0 aliphatic rings. The van der Waals surface area contributed by atoms with Gasteiger partial charge in [0.1, 0.15) is 0 Å². The first-order valence-corrected chi connectivity index (χ1v) is 7.28. The first kappa shape index (κ1) is 17.0. The van der Waals surface area contributed by atoms with Crippen molar-refractivity contribution in [1.82, 2.24) is 15.5 Å². The molecule has 0 aliphatic carbocycles. The molecule has 0 aromatic heterocycles. The van der Waals surface area contributed by atoms with Crippen molar-refractivity contribution >= 4 is 11.9 Å². The van der Waals surface area contributed by atoms with Crippen LogP contribution in [-0.4, -0.2) is 43.4 Å². The molecule has 0 unspecified atom stereocenters. The highest BCUT2D eigenvalue weighted by atomic mass is 16.2. The second-order valence-electron chi connectivity index (χ2n) is 5.28. The first-order valence-electron chi connectivity index (χ1n) is 7.28. The van der Waals surface area contributed by atoms with E-state index in [9.17, 15) is 4.79 Å². The highest BCUT2D eigenvalue weighted by molar-refractivity contribution is 5.81. The van der Waals surface area contributed by atoms with Crippen molar-refractivity contribution in [3.8, 4) is 0 Å². The Morgan fingerprint density at radius 2 is 1.95 bits per heavy atom. The van der Waals surface area contributed by atoms with Crippen LogP contribution in [0.5, 0.6) is 0 Å². The number of nitrogens with zero attached hydrogens (tertiary/aromatic N) is 2.